The molecule has 0 rings (SSSR count). The van der Waals surface area contributed by atoms with Gasteiger partial charge in [0, 0.05) is 18.7 Å². The van der Waals surface area contributed by atoms with E-state index in [1.165, 1.54) is 0 Å². The highest BCUT2D eigenvalue weighted by Crippen LogP contribution is 1.91. The number of nitrogens with one attached hydrogen (secondary N) is 1. The zero-order valence-electron chi connectivity index (χ0n) is 8.86. The van der Waals surface area contributed by atoms with Crippen LogP contribution in [0.4, 0.5) is 0 Å². The van der Waals surface area contributed by atoms with Gasteiger partial charge in [0.2, 0.25) is 0 Å². The fourth-order valence-corrected chi connectivity index (χ4v) is 0.869. The molecule has 5 heteroatoms. The molecular weight excluding hydrogens is 198 g/mol. The van der Waals surface area contributed by atoms with E-state index >= 15 is 0 Å². The molecule has 1 unspecified atom stereocenters. The highest BCUT2D eigenvalue weighted by Gasteiger charge is 2.06. The number of aliphatic hydroxyl groups excluding tert-OH is 1. The van der Waals surface area contributed by atoms with Crippen molar-refractivity contribution in [3.63, 3.8) is 0 Å². The number of aldehydes is 1. The summed E-state index contributed by atoms with van der Waals surface area (Å²) in [6, 6.07) is -0.390. The van der Waals surface area contributed by atoms with E-state index in [2.05, 4.69) is 11.9 Å². The lowest BCUT2D eigenvalue weighted by Crippen LogP contribution is -2.34. The molecule has 0 aromatic carbocycles. The van der Waals surface area contributed by atoms with E-state index in [4.69, 9.17) is 9.84 Å². The molecule has 0 aliphatic rings. The molecule has 0 radical (unpaired) electrons. The van der Waals surface area contributed by atoms with Crippen LogP contribution in [0.5, 0.6) is 0 Å². The monoisotopic (exact) mass is 215 g/mol. The largest absolute Gasteiger partial charge is 0.461 e. The normalized spacial score (nSPS) is 11.9. The second-order valence-corrected chi connectivity index (χ2v) is 3.13. The lowest BCUT2D eigenvalue weighted by Gasteiger charge is -2.11. The van der Waals surface area contributed by atoms with Crippen LogP contribution in [0.3, 0.4) is 0 Å². The zero-order chi connectivity index (χ0) is 11.7. The summed E-state index contributed by atoms with van der Waals surface area (Å²) in [6.07, 6.45) is 1.08. The van der Waals surface area contributed by atoms with Crippen molar-refractivity contribution in [3.05, 3.63) is 12.2 Å². The van der Waals surface area contributed by atoms with E-state index in [9.17, 15) is 9.59 Å². The van der Waals surface area contributed by atoms with Crippen LogP contribution in [0.25, 0.3) is 0 Å². The molecule has 0 aromatic heterocycles. The molecule has 86 valence electrons. The Morgan fingerprint density at radius 2 is 2.33 bits per heavy atom. The summed E-state index contributed by atoms with van der Waals surface area (Å²) >= 11 is 0. The van der Waals surface area contributed by atoms with Crippen LogP contribution < -0.4 is 5.32 Å². The predicted octanol–water partition coefficient (Wildman–Crippen LogP) is -0.355. The topological polar surface area (TPSA) is 75.6 Å². The standard InChI is InChI=1S/C10H17NO4/c1-8(2)10(14)15-6-4-11-9(7-13)3-5-12/h7,9,11-12H,1,3-6H2,2H3. The SMILES string of the molecule is C=C(C)C(=O)OCCNC(C=O)CCO. The van der Waals surface area contributed by atoms with E-state index in [0.29, 0.717) is 18.5 Å². The number of carbonyl (C=O) groups is 2. The number of esters is 1. The molecule has 0 saturated heterocycles. The lowest BCUT2D eigenvalue weighted by atomic mass is 10.2. The Kier molecular flexibility index (Phi) is 7.49. The van der Waals surface area contributed by atoms with E-state index in [-0.39, 0.29) is 13.2 Å². The van der Waals surface area contributed by atoms with Crippen molar-refractivity contribution >= 4 is 12.3 Å². The lowest BCUT2D eigenvalue weighted by molar-refractivity contribution is -0.138. The molecule has 1 atom stereocenters. The molecular formula is C10H17NO4. The van der Waals surface area contributed by atoms with Gasteiger partial charge in [-0.05, 0) is 13.3 Å². The van der Waals surface area contributed by atoms with Crippen molar-refractivity contribution in [3.8, 4) is 0 Å². The zero-order valence-corrected chi connectivity index (χ0v) is 8.86. The molecule has 0 amide bonds. The van der Waals surface area contributed by atoms with E-state index in [1.807, 2.05) is 0 Å². The van der Waals surface area contributed by atoms with E-state index < -0.39 is 12.0 Å². The van der Waals surface area contributed by atoms with Crippen molar-refractivity contribution in [2.45, 2.75) is 19.4 Å². The van der Waals surface area contributed by atoms with Gasteiger partial charge in [-0.2, -0.15) is 0 Å². The first-order valence-electron chi connectivity index (χ1n) is 4.74. The molecule has 5 nitrogen and oxygen atoms in total. The maximum absolute atomic E-state index is 10.9. The van der Waals surface area contributed by atoms with Gasteiger partial charge in [-0.1, -0.05) is 6.58 Å². The number of hydrogen-bond acceptors (Lipinski definition) is 5. The predicted molar refractivity (Wildman–Crippen MR) is 55.3 cm³/mol. The summed E-state index contributed by atoms with van der Waals surface area (Å²) in [6.45, 7) is 5.50. The van der Waals surface area contributed by atoms with E-state index in [0.717, 1.165) is 6.29 Å². The molecule has 0 aromatic rings. The van der Waals surface area contributed by atoms with Gasteiger partial charge < -0.3 is 20.0 Å². The molecule has 0 aliphatic carbocycles. The molecule has 0 aliphatic heterocycles. The van der Waals surface area contributed by atoms with Crippen molar-refractivity contribution in [1.29, 1.82) is 0 Å². The molecule has 15 heavy (non-hydrogen) atoms. The first kappa shape index (κ1) is 13.8. The third kappa shape index (κ3) is 6.82. The van der Waals surface area contributed by atoms with Gasteiger partial charge >= 0.3 is 5.97 Å². The van der Waals surface area contributed by atoms with Crippen molar-refractivity contribution in [1.82, 2.24) is 5.32 Å². The second kappa shape index (κ2) is 8.14. The third-order valence-electron chi connectivity index (χ3n) is 1.69. The third-order valence-corrected chi connectivity index (χ3v) is 1.69. The fraction of sp³-hybridized carbons (Fsp3) is 0.600. The van der Waals surface area contributed by atoms with Gasteiger partial charge in [-0.3, -0.25) is 0 Å². The Morgan fingerprint density at radius 1 is 1.67 bits per heavy atom. The van der Waals surface area contributed by atoms with Crippen LogP contribution in [0.2, 0.25) is 0 Å². The summed E-state index contributed by atoms with van der Waals surface area (Å²) in [7, 11) is 0. The van der Waals surface area contributed by atoms with Crippen LogP contribution in [0.15, 0.2) is 12.2 Å². The minimum Gasteiger partial charge on any atom is -0.461 e. The maximum atomic E-state index is 10.9. The van der Waals surface area contributed by atoms with Gasteiger partial charge in [0.15, 0.2) is 0 Å². The average molecular weight is 215 g/mol. The number of ether oxygens (including phenoxy) is 1. The van der Waals surface area contributed by atoms with Crippen LogP contribution in [-0.4, -0.2) is 43.2 Å². The van der Waals surface area contributed by atoms with Crippen molar-refractivity contribution < 1.29 is 19.4 Å². The number of rotatable bonds is 8. The van der Waals surface area contributed by atoms with E-state index in [1.54, 1.807) is 6.92 Å². The molecule has 0 bridgehead atoms. The maximum Gasteiger partial charge on any atom is 0.333 e. The number of carbonyl (C=O) groups excluding carboxylic acids is 2. The highest BCUT2D eigenvalue weighted by molar-refractivity contribution is 5.86. The van der Waals surface area contributed by atoms with Crippen molar-refractivity contribution in [2.24, 2.45) is 0 Å². The first-order valence-corrected chi connectivity index (χ1v) is 4.74. The summed E-state index contributed by atoms with van der Waals surface area (Å²) in [4.78, 5) is 21.4. The molecule has 0 heterocycles. The highest BCUT2D eigenvalue weighted by atomic mass is 16.5. The minimum absolute atomic E-state index is 0.0536. The van der Waals surface area contributed by atoms with Crippen LogP contribution >= 0.6 is 0 Å². The Morgan fingerprint density at radius 3 is 2.80 bits per heavy atom. The molecule has 2 N–H and O–H groups in total. The summed E-state index contributed by atoms with van der Waals surface area (Å²) in [5.74, 6) is -0.443. The first-order chi connectivity index (χ1) is 7.11. The number of hydrogen-bond donors (Lipinski definition) is 2. The van der Waals surface area contributed by atoms with Gasteiger partial charge in [0.25, 0.3) is 0 Å². The van der Waals surface area contributed by atoms with Gasteiger partial charge in [0.1, 0.15) is 12.9 Å². The second-order valence-electron chi connectivity index (χ2n) is 3.13. The average Bonchev–Trinajstić information content (AvgIpc) is 2.22. The van der Waals surface area contributed by atoms with Crippen LogP contribution in [-0.2, 0) is 14.3 Å². The van der Waals surface area contributed by atoms with Gasteiger partial charge in [0.05, 0.1) is 6.04 Å². The van der Waals surface area contributed by atoms with Crippen molar-refractivity contribution in [2.75, 3.05) is 19.8 Å². The molecule has 0 spiro atoms. The molecule has 0 saturated carbocycles. The van der Waals surface area contributed by atoms with Gasteiger partial charge in [-0.15, -0.1) is 0 Å². The van der Waals surface area contributed by atoms with Crippen LogP contribution in [0.1, 0.15) is 13.3 Å². The fourth-order valence-electron chi connectivity index (χ4n) is 0.869. The van der Waals surface area contributed by atoms with Crippen LogP contribution in [0, 0.1) is 0 Å². The minimum atomic E-state index is -0.443. The smallest absolute Gasteiger partial charge is 0.333 e. The van der Waals surface area contributed by atoms with Gasteiger partial charge in [-0.25, -0.2) is 4.79 Å². The Balaban J connectivity index is 3.56. The summed E-state index contributed by atoms with van der Waals surface area (Å²) < 4.78 is 4.80. The Labute approximate surface area is 89.1 Å². The Bertz CT molecular complexity index is 227. The molecule has 0 fully saturated rings. The summed E-state index contributed by atoms with van der Waals surface area (Å²) in [5.41, 5.74) is 0.345. The summed E-state index contributed by atoms with van der Waals surface area (Å²) in [5, 5.41) is 11.4. The Hall–Kier alpha value is -1.20. The number of aliphatic hydroxyl groups is 1. The quantitative estimate of drug-likeness (QED) is 0.250.